The maximum Gasteiger partial charge on any atom is 0.246 e. The van der Waals surface area contributed by atoms with Crippen LogP contribution in [-0.4, -0.2) is 30.4 Å². The van der Waals surface area contributed by atoms with E-state index < -0.39 is 26.6 Å². The van der Waals surface area contributed by atoms with E-state index in [0.29, 0.717) is 25.9 Å². The smallest absolute Gasteiger partial charge is 0.246 e. The molecule has 0 saturated carbocycles. The van der Waals surface area contributed by atoms with Gasteiger partial charge in [0.25, 0.3) is 0 Å². The zero-order valence-corrected chi connectivity index (χ0v) is 12.6. The van der Waals surface area contributed by atoms with E-state index in [4.69, 9.17) is 0 Å². The summed E-state index contributed by atoms with van der Waals surface area (Å²) in [5, 5.41) is 0. The van der Waals surface area contributed by atoms with Gasteiger partial charge in [0.05, 0.1) is 0 Å². The highest BCUT2D eigenvalue weighted by Crippen LogP contribution is 2.28. The molecule has 0 radical (unpaired) electrons. The van der Waals surface area contributed by atoms with Crippen LogP contribution < -0.4 is 0 Å². The van der Waals surface area contributed by atoms with Crippen LogP contribution in [0.2, 0.25) is 0 Å². The molecule has 1 aliphatic heterocycles. The Hall–Kier alpha value is -1.73. The number of nitrogens with zero attached hydrogens (tertiary/aromatic N) is 2. The van der Waals surface area contributed by atoms with E-state index in [-0.39, 0.29) is 6.04 Å². The number of halogens is 2. The maximum atomic E-state index is 13.8. The van der Waals surface area contributed by atoms with Gasteiger partial charge in [0.15, 0.2) is 11.6 Å². The molecule has 3 rings (SSSR count). The standard InChI is InChI=1S/C15H16F2N2O2S/c16-13-4-3-5-14(15(13)17)22(20,21)19-10-6-12(7-11-19)18-8-1-2-9-18/h1-5,8-9,12H,6-7,10-11H2. The van der Waals surface area contributed by atoms with Crippen LogP contribution in [0.5, 0.6) is 0 Å². The largest absolute Gasteiger partial charge is 0.351 e. The van der Waals surface area contributed by atoms with E-state index in [1.54, 1.807) is 0 Å². The van der Waals surface area contributed by atoms with Crippen molar-refractivity contribution in [2.45, 2.75) is 23.8 Å². The van der Waals surface area contributed by atoms with Crippen molar-refractivity contribution in [3.05, 3.63) is 54.4 Å². The number of hydrogen-bond donors (Lipinski definition) is 0. The molecular weight excluding hydrogens is 310 g/mol. The molecular formula is C15H16F2N2O2S. The molecule has 4 nitrogen and oxygen atoms in total. The van der Waals surface area contributed by atoms with Crippen molar-refractivity contribution in [2.24, 2.45) is 0 Å². The van der Waals surface area contributed by atoms with Crippen LogP contribution in [0.25, 0.3) is 0 Å². The van der Waals surface area contributed by atoms with Crippen LogP contribution in [0.15, 0.2) is 47.6 Å². The van der Waals surface area contributed by atoms with Gasteiger partial charge in [-0.05, 0) is 37.1 Å². The van der Waals surface area contributed by atoms with Crippen molar-refractivity contribution in [2.75, 3.05) is 13.1 Å². The molecule has 2 aromatic rings. The molecule has 7 heteroatoms. The van der Waals surface area contributed by atoms with Crippen LogP contribution >= 0.6 is 0 Å². The molecule has 1 fully saturated rings. The van der Waals surface area contributed by atoms with Crippen LogP contribution in [0.1, 0.15) is 18.9 Å². The quantitative estimate of drug-likeness (QED) is 0.870. The summed E-state index contributed by atoms with van der Waals surface area (Å²) in [5.41, 5.74) is 0. The fourth-order valence-corrected chi connectivity index (χ4v) is 4.34. The van der Waals surface area contributed by atoms with Gasteiger partial charge in [-0.25, -0.2) is 17.2 Å². The monoisotopic (exact) mass is 326 g/mol. The molecule has 0 atom stereocenters. The molecule has 1 saturated heterocycles. The topological polar surface area (TPSA) is 42.3 Å². The van der Waals surface area contributed by atoms with E-state index >= 15 is 0 Å². The van der Waals surface area contributed by atoms with Crippen LogP contribution in [0.4, 0.5) is 8.78 Å². The summed E-state index contributed by atoms with van der Waals surface area (Å²) in [4.78, 5) is -0.591. The van der Waals surface area contributed by atoms with Crippen molar-refractivity contribution in [3.63, 3.8) is 0 Å². The number of aromatic nitrogens is 1. The first-order chi connectivity index (χ1) is 10.5. The van der Waals surface area contributed by atoms with Gasteiger partial charge in [-0.15, -0.1) is 0 Å². The Balaban J connectivity index is 1.79. The third-order valence-electron chi connectivity index (χ3n) is 4.01. The van der Waals surface area contributed by atoms with Gasteiger partial charge in [0.1, 0.15) is 4.90 Å². The molecule has 0 unspecified atom stereocenters. The van der Waals surface area contributed by atoms with E-state index in [2.05, 4.69) is 0 Å². The lowest BCUT2D eigenvalue weighted by atomic mass is 10.1. The van der Waals surface area contributed by atoms with Gasteiger partial charge in [0, 0.05) is 31.5 Å². The second-order valence-corrected chi connectivity index (χ2v) is 7.22. The first-order valence-electron chi connectivity index (χ1n) is 7.07. The molecule has 118 valence electrons. The predicted octanol–water partition coefficient (Wildman–Crippen LogP) is 2.79. The Bertz CT molecular complexity index is 752. The third-order valence-corrected chi connectivity index (χ3v) is 5.92. The Labute approximate surface area is 128 Å². The fraction of sp³-hybridized carbons (Fsp3) is 0.333. The average Bonchev–Trinajstić information content (AvgIpc) is 3.04. The van der Waals surface area contributed by atoms with Gasteiger partial charge >= 0.3 is 0 Å². The highest BCUT2D eigenvalue weighted by Gasteiger charge is 2.32. The number of piperidine rings is 1. The van der Waals surface area contributed by atoms with Gasteiger partial charge in [-0.1, -0.05) is 6.07 Å². The lowest BCUT2D eigenvalue weighted by Crippen LogP contribution is -2.39. The first-order valence-corrected chi connectivity index (χ1v) is 8.51. The molecule has 0 bridgehead atoms. The maximum absolute atomic E-state index is 13.8. The fourth-order valence-electron chi connectivity index (χ4n) is 2.79. The number of benzene rings is 1. The lowest BCUT2D eigenvalue weighted by molar-refractivity contribution is 0.273. The van der Waals surface area contributed by atoms with E-state index in [9.17, 15) is 17.2 Å². The van der Waals surface area contributed by atoms with Gasteiger partial charge in [0.2, 0.25) is 10.0 Å². The first kappa shape index (κ1) is 15.2. The molecule has 1 aromatic heterocycles. The molecule has 1 aliphatic rings. The van der Waals surface area contributed by atoms with Crippen molar-refractivity contribution < 1.29 is 17.2 Å². The minimum Gasteiger partial charge on any atom is -0.351 e. The number of hydrogen-bond acceptors (Lipinski definition) is 2. The summed E-state index contributed by atoms with van der Waals surface area (Å²) in [5.74, 6) is -2.46. The minimum atomic E-state index is -4.00. The Morgan fingerprint density at radius 3 is 2.27 bits per heavy atom. The minimum absolute atomic E-state index is 0.235. The van der Waals surface area contributed by atoms with Crippen molar-refractivity contribution in [1.82, 2.24) is 8.87 Å². The normalized spacial score (nSPS) is 17.7. The van der Waals surface area contributed by atoms with Crippen molar-refractivity contribution >= 4 is 10.0 Å². The van der Waals surface area contributed by atoms with Crippen molar-refractivity contribution in [3.8, 4) is 0 Å². The van der Waals surface area contributed by atoms with Crippen LogP contribution in [0, 0.1) is 11.6 Å². The van der Waals surface area contributed by atoms with Crippen molar-refractivity contribution in [1.29, 1.82) is 0 Å². The van der Waals surface area contributed by atoms with E-state index in [1.165, 1.54) is 10.4 Å². The summed E-state index contributed by atoms with van der Waals surface area (Å²) in [6.07, 6.45) is 5.18. The second kappa shape index (κ2) is 5.81. The third kappa shape index (κ3) is 2.66. The molecule has 0 amide bonds. The zero-order valence-electron chi connectivity index (χ0n) is 11.8. The SMILES string of the molecule is O=S(=O)(c1cccc(F)c1F)N1CCC(n2cccc2)CC1. The molecule has 1 aromatic carbocycles. The molecule has 0 spiro atoms. The Kier molecular flexibility index (Phi) is 4.01. The van der Waals surface area contributed by atoms with E-state index in [0.717, 1.165) is 12.1 Å². The average molecular weight is 326 g/mol. The van der Waals surface area contributed by atoms with Gasteiger partial charge in [-0.3, -0.25) is 0 Å². The summed E-state index contributed by atoms with van der Waals surface area (Å²) in [6, 6.07) is 7.30. The van der Waals surface area contributed by atoms with Crippen LogP contribution in [0.3, 0.4) is 0 Å². The molecule has 22 heavy (non-hydrogen) atoms. The number of rotatable bonds is 3. The summed E-state index contributed by atoms with van der Waals surface area (Å²) < 4.78 is 55.2. The van der Waals surface area contributed by atoms with Crippen LogP contribution in [-0.2, 0) is 10.0 Å². The summed E-state index contributed by atoms with van der Waals surface area (Å²) >= 11 is 0. The zero-order chi connectivity index (χ0) is 15.7. The highest BCUT2D eigenvalue weighted by atomic mass is 32.2. The second-order valence-electron chi connectivity index (χ2n) is 5.32. The van der Waals surface area contributed by atoms with Gasteiger partial charge in [-0.2, -0.15) is 4.31 Å². The highest BCUT2D eigenvalue weighted by molar-refractivity contribution is 7.89. The van der Waals surface area contributed by atoms with E-state index in [1.807, 2.05) is 29.1 Å². The van der Waals surface area contributed by atoms with Gasteiger partial charge < -0.3 is 4.57 Å². The lowest BCUT2D eigenvalue weighted by Gasteiger charge is -2.32. The molecule has 0 aliphatic carbocycles. The summed E-state index contributed by atoms with van der Waals surface area (Å²) in [7, 11) is -4.00. The Morgan fingerprint density at radius 1 is 1.00 bits per heavy atom. The summed E-state index contributed by atoms with van der Waals surface area (Å²) in [6.45, 7) is 0.586. The Morgan fingerprint density at radius 2 is 1.64 bits per heavy atom. The molecule has 2 heterocycles. The predicted molar refractivity (Wildman–Crippen MR) is 77.8 cm³/mol. The molecule has 0 N–H and O–H groups in total. The number of sulfonamides is 1.